The largest absolute Gasteiger partial charge is 0.379 e. The molecule has 3 unspecified atom stereocenters. The first-order chi connectivity index (χ1) is 28.0. The van der Waals surface area contributed by atoms with Crippen LogP contribution in [0.4, 0.5) is 0 Å². The molecule has 4 aliphatic carbocycles. The van der Waals surface area contributed by atoms with Gasteiger partial charge in [0.25, 0.3) is 0 Å². The monoisotopic (exact) mass is 808 g/mol. The third kappa shape index (κ3) is 15.4. The van der Waals surface area contributed by atoms with Gasteiger partial charge in [-0.3, -0.25) is 0 Å². The van der Waals surface area contributed by atoms with Gasteiger partial charge in [0.15, 0.2) is 6.29 Å². The average molecular weight is 808 g/mol. The molecule has 0 N–H and O–H groups in total. The van der Waals surface area contributed by atoms with Crippen LogP contribution < -0.4 is 0 Å². The second-order valence-electron chi connectivity index (χ2n) is 21.2. The van der Waals surface area contributed by atoms with Crippen LogP contribution in [0.15, 0.2) is 36.0 Å². The second kappa shape index (κ2) is 26.5. The number of hydrogen-bond acceptors (Lipinski definition) is 4. The van der Waals surface area contributed by atoms with Crippen molar-refractivity contribution in [2.45, 2.75) is 227 Å². The summed E-state index contributed by atoms with van der Waals surface area (Å²) < 4.78 is 20.0. The quantitative estimate of drug-likeness (QED) is 0.0411. The molecule has 0 bridgehead atoms. The minimum Gasteiger partial charge on any atom is -0.379 e. The highest BCUT2D eigenvalue weighted by Crippen LogP contribution is 2.67. The highest BCUT2D eigenvalue weighted by atomic mass is 16.7. The Morgan fingerprint density at radius 3 is 2.19 bits per heavy atom. The molecule has 10 atom stereocenters. The Labute approximate surface area is 361 Å². The number of ether oxygens (including phenoxy) is 3. The summed E-state index contributed by atoms with van der Waals surface area (Å²) in [5, 5.41) is 0. The first-order valence-corrected chi connectivity index (χ1v) is 25.5. The molecule has 0 heterocycles. The van der Waals surface area contributed by atoms with Crippen LogP contribution >= 0.6 is 0 Å². The first kappa shape index (κ1) is 49.7. The van der Waals surface area contributed by atoms with Gasteiger partial charge in [-0.1, -0.05) is 149 Å². The van der Waals surface area contributed by atoms with Gasteiger partial charge < -0.3 is 19.1 Å². The Morgan fingerprint density at radius 2 is 1.48 bits per heavy atom. The van der Waals surface area contributed by atoms with E-state index < -0.39 is 0 Å². The zero-order valence-electron chi connectivity index (χ0n) is 40.1. The maximum Gasteiger partial charge on any atom is 0.158 e. The Morgan fingerprint density at radius 1 is 0.759 bits per heavy atom. The molecule has 3 saturated carbocycles. The number of fused-ring (bicyclic) bond motifs is 5. The summed E-state index contributed by atoms with van der Waals surface area (Å²) in [5.74, 6) is 5.31. The lowest BCUT2D eigenvalue weighted by atomic mass is 9.47. The summed E-state index contributed by atoms with van der Waals surface area (Å²) in [4.78, 5) is 2.24. The van der Waals surface area contributed by atoms with Crippen LogP contribution in [0.5, 0.6) is 0 Å². The number of unbranched alkanes of at least 4 members (excludes halogenated alkanes) is 9. The Kier molecular flexibility index (Phi) is 22.7. The molecule has 0 amide bonds. The molecule has 4 rings (SSSR count). The van der Waals surface area contributed by atoms with E-state index in [1.54, 1.807) is 5.57 Å². The lowest BCUT2D eigenvalue weighted by molar-refractivity contribution is -0.213. The fraction of sp³-hybridized carbons (Fsp3) is 0.889. The number of hydrogen-bond donors (Lipinski definition) is 0. The van der Waals surface area contributed by atoms with Crippen molar-refractivity contribution in [2.24, 2.45) is 46.3 Å². The maximum absolute atomic E-state index is 6.94. The summed E-state index contributed by atoms with van der Waals surface area (Å²) in [6, 6.07) is 0. The Bertz CT molecular complexity index is 1190. The third-order valence-electron chi connectivity index (χ3n) is 15.8. The molecular formula is C54H97NO3. The summed E-state index contributed by atoms with van der Waals surface area (Å²) in [7, 11) is 4.29. The Balaban J connectivity index is 1.16. The highest BCUT2D eigenvalue weighted by molar-refractivity contribution is 5.25. The fourth-order valence-electron chi connectivity index (χ4n) is 12.6. The van der Waals surface area contributed by atoms with Gasteiger partial charge in [-0.25, -0.2) is 0 Å². The summed E-state index contributed by atoms with van der Waals surface area (Å²) in [6.07, 6.45) is 44.5. The predicted molar refractivity (Wildman–Crippen MR) is 250 cm³/mol. The van der Waals surface area contributed by atoms with Crippen LogP contribution in [-0.4, -0.2) is 57.3 Å². The van der Waals surface area contributed by atoms with Crippen molar-refractivity contribution in [1.82, 2.24) is 4.90 Å². The van der Waals surface area contributed by atoms with E-state index in [9.17, 15) is 0 Å². The van der Waals surface area contributed by atoms with Crippen molar-refractivity contribution in [3.63, 3.8) is 0 Å². The molecule has 4 aliphatic rings. The van der Waals surface area contributed by atoms with Gasteiger partial charge in [0, 0.05) is 13.2 Å². The van der Waals surface area contributed by atoms with Crippen molar-refractivity contribution in [1.29, 1.82) is 0 Å². The van der Waals surface area contributed by atoms with Crippen molar-refractivity contribution in [3.8, 4) is 0 Å². The van der Waals surface area contributed by atoms with Crippen LogP contribution in [0, 0.1) is 46.3 Å². The van der Waals surface area contributed by atoms with E-state index in [4.69, 9.17) is 14.2 Å². The standard InChI is InChI=1S/C54H97NO3/c1-10-12-13-14-15-16-17-18-19-20-21-22-23-24-25-26-39-56-42-47(41-55(8)9)58-52(28-11-2)57-46-35-37-53(6)45(40-46)31-32-48-50-34-33-49(44(5)30-27-29-43(3)4)54(50,7)38-36-51(48)53/h15-16,18-19,31,43-44,46-52H,10-14,17,20-30,32-42H2,1-9H3/b16-15-,19-18-/t44-,46?,47?,48+,49-,50+,51+,52?,53+,54-/m1/s1. The smallest absolute Gasteiger partial charge is 0.158 e. The lowest BCUT2D eigenvalue weighted by Gasteiger charge is -2.58. The van der Waals surface area contributed by atoms with Crippen LogP contribution in [0.1, 0.15) is 209 Å². The van der Waals surface area contributed by atoms with Gasteiger partial charge in [-0.05, 0) is 157 Å². The van der Waals surface area contributed by atoms with E-state index in [-0.39, 0.29) is 18.5 Å². The molecular weight excluding hydrogens is 711 g/mol. The van der Waals surface area contributed by atoms with Gasteiger partial charge >= 0.3 is 0 Å². The number of likely N-dealkylation sites (N-methyl/N-ethyl adjacent to an activating group) is 1. The number of nitrogens with zero attached hydrogens (tertiary/aromatic N) is 1. The fourth-order valence-corrected chi connectivity index (χ4v) is 12.6. The molecule has 58 heavy (non-hydrogen) atoms. The minimum absolute atomic E-state index is 0.0318. The van der Waals surface area contributed by atoms with Crippen LogP contribution in [0.2, 0.25) is 0 Å². The SMILES string of the molecule is CCCCC/C=C\C/C=C\CCCCCCCCOCC(CN(C)C)OC(CCC)OC1CC[C@@]2(C)C(=CC[C@H]3[C@@H]4CC[C@H]([C@H](C)CCCC(C)C)[C@@]4(C)CC[C@@H]32)C1. The molecule has 336 valence electrons. The maximum atomic E-state index is 6.94. The minimum atomic E-state index is -0.153. The summed E-state index contributed by atoms with van der Waals surface area (Å²) in [5.41, 5.74) is 2.64. The molecule has 0 aliphatic heterocycles. The molecule has 4 heteroatoms. The van der Waals surface area contributed by atoms with Gasteiger partial charge in [0.2, 0.25) is 0 Å². The topological polar surface area (TPSA) is 30.9 Å². The second-order valence-corrected chi connectivity index (χ2v) is 21.2. The highest BCUT2D eigenvalue weighted by Gasteiger charge is 2.59. The van der Waals surface area contributed by atoms with Gasteiger partial charge in [0.05, 0.1) is 18.8 Å². The van der Waals surface area contributed by atoms with Crippen LogP contribution in [0.25, 0.3) is 0 Å². The molecule has 0 saturated heterocycles. The summed E-state index contributed by atoms with van der Waals surface area (Å²) >= 11 is 0. The average Bonchev–Trinajstić information content (AvgIpc) is 3.54. The molecule has 0 aromatic carbocycles. The Hall–Kier alpha value is -0.940. The molecule has 0 spiro atoms. The van der Waals surface area contributed by atoms with Crippen LogP contribution in [-0.2, 0) is 14.2 Å². The van der Waals surface area contributed by atoms with E-state index in [1.165, 1.54) is 128 Å². The molecule has 0 aromatic heterocycles. The lowest BCUT2D eigenvalue weighted by Crippen LogP contribution is -2.51. The number of allylic oxidation sites excluding steroid dienone is 5. The predicted octanol–water partition coefficient (Wildman–Crippen LogP) is 15.3. The van der Waals surface area contributed by atoms with E-state index >= 15 is 0 Å². The molecule has 3 fully saturated rings. The third-order valence-corrected chi connectivity index (χ3v) is 15.8. The van der Waals surface area contributed by atoms with Gasteiger partial charge in [-0.2, -0.15) is 0 Å². The first-order valence-electron chi connectivity index (χ1n) is 25.5. The van der Waals surface area contributed by atoms with E-state index in [1.807, 2.05) is 0 Å². The van der Waals surface area contributed by atoms with Crippen LogP contribution in [0.3, 0.4) is 0 Å². The molecule has 0 aromatic rings. The normalized spacial score (nSPS) is 30.2. The van der Waals surface area contributed by atoms with Gasteiger partial charge in [-0.15, -0.1) is 0 Å². The van der Waals surface area contributed by atoms with Crippen molar-refractivity contribution in [2.75, 3.05) is 33.9 Å². The van der Waals surface area contributed by atoms with Crippen molar-refractivity contribution < 1.29 is 14.2 Å². The van der Waals surface area contributed by atoms with E-state index in [2.05, 4.69) is 97.8 Å². The van der Waals surface area contributed by atoms with Crippen molar-refractivity contribution in [3.05, 3.63) is 36.0 Å². The molecule has 0 radical (unpaired) electrons. The van der Waals surface area contributed by atoms with Gasteiger partial charge in [0.1, 0.15) is 0 Å². The molecule has 4 nitrogen and oxygen atoms in total. The van der Waals surface area contributed by atoms with Crippen molar-refractivity contribution >= 4 is 0 Å². The van der Waals surface area contributed by atoms with E-state index in [0.717, 1.165) is 80.8 Å². The number of rotatable bonds is 30. The van der Waals surface area contributed by atoms with E-state index in [0.29, 0.717) is 17.4 Å². The zero-order chi connectivity index (χ0) is 41.8. The zero-order valence-corrected chi connectivity index (χ0v) is 40.1. The summed E-state index contributed by atoms with van der Waals surface area (Å²) in [6.45, 7) is 19.7.